The second kappa shape index (κ2) is 6.93. The molecule has 0 aromatic rings. The first-order chi connectivity index (χ1) is 3.68. The Morgan fingerprint density at radius 1 is 1.78 bits per heavy atom. The molecule has 0 radical (unpaired) electrons. The predicted molar refractivity (Wildman–Crippen MR) is 32.7 cm³/mol. The van der Waals surface area contributed by atoms with Crippen LogP contribution in [0.15, 0.2) is 0 Å². The van der Waals surface area contributed by atoms with Crippen molar-refractivity contribution in [2.45, 2.75) is 25.0 Å². The Hall–Kier alpha value is 0.820. The number of thiol groups is 1. The van der Waals surface area contributed by atoms with Crippen molar-refractivity contribution in [3.8, 4) is 0 Å². The van der Waals surface area contributed by atoms with Gasteiger partial charge in [-0.3, -0.25) is 0 Å². The van der Waals surface area contributed by atoms with Crippen LogP contribution in [-0.2, 0) is 4.79 Å². The third-order valence-corrected chi connectivity index (χ3v) is 1.30. The van der Waals surface area contributed by atoms with Gasteiger partial charge in [-0.05, 0) is 6.42 Å². The van der Waals surface area contributed by atoms with Crippen molar-refractivity contribution >= 4 is 18.6 Å². The minimum Gasteiger partial charge on any atom is -0.549 e. The topological polar surface area (TPSA) is 40.1 Å². The van der Waals surface area contributed by atoms with Gasteiger partial charge in [0.2, 0.25) is 0 Å². The number of carbonyl (C=O) groups is 1. The molecule has 0 rings (SSSR count). The van der Waals surface area contributed by atoms with E-state index in [0.29, 0.717) is 6.42 Å². The van der Waals surface area contributed by atoms with E-state index in [1.54, 1.807) is 0 Å². The van der Waals surface area contributed by atoms with Crippen LogP contribution in [0, 0.1) is 0 Å². The van der Waals surface area contributed by atoms with E-state index < -0.39 is 11.2 Å². The number of hydrogen-bond acceptors (Lipinski definition) is 3. The molecule has 0 aromatic heterocycles. The maximum Gasteiger partial charge on any atom is 1.00 e. The van der Waals surface area contributed by atoms with Crippen molar-refractivity contribution in [2.75, 3.05) is 0 Å². The zero-order valence-electron chi connectivity index (χ0n) is 5.76. The summed E-state index contributed by atoms with van der Waals surface area (Å²) in [6, 6.07) is 0. The molecule has 48 valence electrons. The van der Waals surface area contributed by atoms with Gasteiger partial charge in [-0.2, -0.15) is 12.6 Å². The van der Waals surface area contributed by atoms with Gasteiger partial charge in [0.1, 0.15) is 0 Å². The number of aliphatic carboxylic acids is 1. The molecule has 0 bridgehead atoms. The molecule has 2 nitrogen and oxygen atoms in total. The first-order valence-corrected chi connectivity index (χ1v) is 3.09. The molecule has 0 heterocycles. The fraction of sp³-hybridized carbons (Fsp3) is 0.800. The molecule has 0 saturated heterocycles. The summed E-state index contributed by atoms with van der Waals surface area (Å²) in [6.45, 7) is 1.91. The van der Waals surface area contributed by atoms with E-state index in [9.17, 15) is 9.90 Å². The Morgan fingerprint density at radius 3 is 2.33 bits per heavy atom. The van der Waals surface area contributed by atoms with Gasteiger partial charge < -0.3 is 9.90 Å². The molecule has 4 heteroatoms. The van der Waals surface area contributed by atoms with Crippen LogP contribution in [0.25, 0.3) is 0 Å². The van der Waals surface area contributed by atoms with Gasteiger partial charge in [-0.25, -0.2) is 0 Å². The number of hydrogen-bond donors (Lipinski definition) is 1. The van der Waals surface area contributed by atoms with Gasteiger partial charge in [0.15, 0.2) is 0 Å². The van der Waals surface area contributed by atoms with E-state index in [1.165, 1.54) is 0 Å². The molecule has 0 spiro atoms. The molecule has 0 amide bonds. The standard InChI is InChI=1S/C5H10O2S.Na/c1-2-3-4(8)5(6)7;/h4,8H,2-3H2,1H3,(H,6,7);/q;+1/p-1/t4-;/m0./s1. The normalized spacial score (nSPS) is 11.8. The smallest absolute Gasteiger partial charge is 0.549 e. The molecular weight excluding hydrogens is 147 g/mol. The van der Waals surface area contributed by atoms with Crippen LogP contribution in [0.1, 0.15) is 19.8 Å². The van der Waals surface area contributed by atoms with Gasteiger partial charge >= 0.3 is 29.6 Å². The summed E-state index contributed by atoms with van der Waals surface area (Å²) < 4.78 is 0. The minimum absolute atomic E-state index is 0. The van der Waals surface area contributed by atoms with E-state index in [0.717, 1.165) is 6.42 Å². The molecule has 0 aliphatic heterocycles. The van der Waals surface area contributed by atoms with Crippen molar-refractivity contribution < 1.29 is 39.5 Å². The van der Waals surface area contributed by atoms with Gasteiger partial charge in [-0.15, -0.1) is 0 Å². The van der Waals surface area contributed by atoms with Crippen LogP contribution < -0.4 is 34.7 Å². The SMILES string of the molecule is CCC[C@H](S)C(=O)[O-].[Na+]. The van der Waals surface area contributed by atoms with E-state index in [2.05, 4.69) is 12.6 Å². The maximum absolute atomic E-state index is 9.90. The van der Waals surface area contributed by atoms with E-state index in [1.807, 2.05) is 6.92 Å². The summed E-state index contributed by atoms with van der Waals surface area (Å²) in [6.07, 6.45) is 1.42. The Morgan fingerprint density at radius 2 is 2.22 bits per heavy atom. The molecule has 0 aliphatic carbocycles. The van der Waals surface area contributed by atoms with E-state index in [4.69, 9.17) is 0 Å². The number of carboxylic acids is 1. The fourth-order valence-electron chi connectivity index (χ4n) is 0.391. The van der Waals surface area contributed by atoms with Crippen LogP contribution in [0.5, 0.6) is 0 Å². The summed E-state index contributed by atoms with van der Waals surface area (Å²) in [5, 5.41) is 9.32. The molecule has 1 atom stereocenters. The second-order valence-electron chi connectivity index (χ2n) is 1.62. The largest absolute Gasteiger partial charge is 1.00 e. The Bertz CT molecular complexity index is 87.0. The zero-order valence-corrected chi connectivity index (χ0v) is 8.65. The Kier molecular flexibility index (Phi) is 9.62. The summed E-state index contributed by atoms with van der Waals surface area (Å²) in [5.74, 6) is -1.07. The van der Waals surface area contributed by atoms with Gasteiger partial charge in [-0.1, -0.05) is 13.3 Å². The minimum atomic E-state index is -1.07. The number of carboxylic acid groups (broad SMARTS) is 1. The number of carbonyl (C=O) groups excluding carboxylic acids is 1. The first-order valence-electron chi connectivity index (χ1n) is 2.57. The van der Waals surface area contributed by atoms with Gasteiger partial charge in [0.05, 0.1) is 5.97 Å². The third-order valence-electron chi connectivity index (χ3n) is 0.834. The summed E-state index contributed by atoms with van der Waals surface area (Å²) >= 11 is 3.74. The predicted octanol–water partition coefficient (Wildman–Crippen LogP) is -3.16. The molecule has 0 fully saturated rings. The van der Waals surface area contributed by atoms with Crippen molar-refractivity contribution in [2.24, 2.45) is 0 Å². The van der Waals surface area contributed by atoms with Crippen LogP contribution >= 0.6 is 12.6 Å². The van der Waals surface area contributed by atoms with Crippen LogP contribution in [-0.4, -0.2) is 11.2 Å². The second-order valence-corrected chi connectivity index (χ2v) is 2.25. The van der Waals surface area contributed by atoms with Crippen LogP contribution in [0.3, 0.4) is 0 Å². The molecular formula is C5H9NaO2S. The quantitative estimate of drug-likeness (QED) is 0.346. The molecule has 0 N–H and O–H groups in total. The number of rotatable bonds is 3. The Balaban J connectivity index is 0. The molecule has 9 heavy (non-hydrogen) atoms. The van der Waals surface area contributed by atoms with Crippen LogP contribution in [0.2, 0.25) is 0 Å². The average molecular weight is 156 g/mol. The maximum atomic E-state index is 9.90. The Labute approximate surface area is 82.7 Å². The molecule has 0 aromatic carbocycles. The van der Waals surface area contributed by atoms with Crippen LogP contribution in [0.4, 0.5) is 0 Å². The molecule has 0 aliphatic rings. The van der Waals surface area contributed by atoms with Crippen molar-refractivity contribution in [1.29, 1.82) is 0 Å². The monoisotopic (exact) mass is 156 g/mol. The van der Waals surface area contributed by atoms with Gasteiger partial charge in [0, 0.05) is 5.25 Å². The van der Waals surface area contributed by atoms with E-state index in [-0.39, 0.29) is 29.6 Å². The fourth-order valence-corrected chi connectivity index (χ4v) is 0.649. The first kappa shape index (κ1) is 12.5. The molecule has 0 saturated carbocycles. The van der Waals surface area contributed by atoms with Gasteiger partial charge in [0.25, 0.3) is 0 Å². The van der Waals surface area contributed by atoms with Crippen molar-refractivity contribution in [3.63, 3.8) is 0 Å². The third kappa shape index (κ3) is 6.71. The van der Waals surface area contributed by atoms with Crippen molar-refractivity contribution in [3.05, 3.63) is 0 Å². The molecule has 0 unspecified atom stereocenters. The van der Waals surface area contributed by atoms with E-state index >= 15 is 0 Å². The summed E-state index contributed by atoms with van der Waals surface area (Å²) in [4.78, 5) is 9.90. The summed E-state index contributed by atoms with van der Waals surface area (Å²) in [5.41, 5.74) is 0. The van der Waals surface area contributed by atoms with Crippen molar-refractivity contribution in [1.82, 2.24) is 0 Å². The average Bonchev–Trinajstić information content (AvgIpc) is 1.67. The summed E-state index contributed by atoms with van der Waals surface area (Å²) in [7, 11) is 0. The zero-order chi connectivity index (χ0) is 6.57.